The first-order chi connectivity index (χ1) is 5.83. The standard InChI is InChI=1S/C8H14N2O2/c1-2-8(11)12-6-5-10-4-3-9-7-10/h2,9H,1,3-7H2. The average molecular weight is 170 g/mol. The fourth-order valence-electron chi connectivity index (χ4n) is 1.08. The minimum atomic E-state index is -0.345. The summed E-state index contributed by atoms with van der Waals surface area (Å²) in [4.78, 5) is 12.8. The third-order valence-electron chi connectivity index (χ3n) is 1.76. The van der Waals surface area contributed by atoms with E-state index in [2.05, 4.69) is 16.8 Å². The van der Waals surface area contributed by atoms with Gasteiger partial charge in [0.05, 0.1) is 0 Å². The highest BCUT2D eigenvalue weighted by molar-refractivity contribution is 5.81. The van der Waals surface area contributed by atoms with Crippen molar-refractivity contribution in [2.45, 2.75) is 0 Å². The lowest BCUT2D eigenvalue weighted by atomic mass is 10.5. The predicted octanol–water partition coefficient (Wildman–Crippen LogP) is -0.422. The quantitative estimate of drug-likeness (QED) is 0.459. The molecule has 0 unspecified atom stereocenters. The van der Waals surface area contributed by atoms with Gasteiger partial charge in [0.2, 0.25) is 0 Å². The van der Waals surface area contributed by atoms with Crippen LogP contribution in [0.15, 0.2) is 12.7 Å². The summed E-state index contributed by atoms with van der Waals surface area (Å²) in [7, 11) is 0. The maximum atomic E-state index is 10.6. The Morgan fingerprint density at radius 3 is 3.17 bits per heavy atom. The largest absolute Gasteiger partial charge is 0.461 e. The van der Waals surface area contributed by atoms with Crippen LogP contribution in [0.3, 0.4) is 0 Å². The number of ether oxygens (including phenoxy) is 1. The molecule has 12 heavy (non-hydrogen) atoms. The fraction of sp³-hybridized carbons (Fsp3) is 0.625. The van der Waals surface area contributed by atoms with Crippen molar-refractivity contribution in [1.29, 1.82) is 0 Å². The second kappa shape index (κ2) is 4.90. The number of nitrogens with zero attached hydrogens (tertiary/aromatic N) is 1. The molecule has 4 nitrogen and oxygen atoms in total. The Kier molecular flexibility index (Phi) is 3.76. The highest BCUT2D eigenvalue weighted by Gasteiger charge is 2.09. The lowest BCUT2D eigenvalue weighted by Gasteiger charge is -2.12. The summed E-state index contributed by atoms with van der Waals surface area (Å²) in [5.74, 6) is -0.345. The molecule has 68 valence electrons. The summed E-state index contributed by atoms with van der Waals surface area (Å²) in [5, 5.41) is 3.19. The number of nitrogens with one attached hydrogen (secondary N) is 1. The van der Waals surface area contributed by atoms with Gasteiger partial charge in [-0.2, -0.15) is 0 Å². The van der Waals surface area contributed by atoms with Gasteiger partial charge in [-0.15, -0.1) is 0 Å². The van der Waals surface area contributed by atoms with Crippen molar-refractivity contribution < 1.29 is 9.53 Å². The van der Waals surface area contributed by atoms with Gasteiger partial charge in [0.1, 0.15) is 6.61 Å². The van der Waals surface area contributed by atoms with E-state index in [1.807, 2.05) is 0 Å². The molecule has 1 heterocycles. The van der Waals surface area contributed by atoms with Crippen molar-refractivity contribution in [3.63, 3.8) is 0 Å². The molecule has 0 amide bonds. The summed E-state index contributed by atoms with van der Waals surface area (Å²) in [6.07, 6.45) is 1.18. The number of hydrogen-bond donors (Lipinski definition) is 1. The van der Waals surface area contributed by atoms with Crippen LogP contribution >= 0.6 is 0 Å². The molecule has 0 aromatic carbocycles. The average Bonchev–Trinajstić information content (AvgIpc) is 2.57. The maximum absolute atomic E-state index is 10.6. The number of rotatable bonds is 4. The van der Waals surface area contributed by atoms with Crippen LogP contribution in [0.5, 0.6) is 0 Å². The van der Waals surface area contributed by atoms with E-state index < -0.39 is 0 Å². The third kappa shape index (κ3) is 3.02. The van der Waals surface area contributed by atoms with E-state index in [0.717, 1.165) is 26.3 Å². The van der Waals surface area contributed by atoms with Crippen LogP contribution in [0.2, 0.25) is 0 Å². The molecule has 1 rings (SSSR count). The monoisotopic (exact) mass is 170 g/mol. The molecule has 1 fully saturated rings. The molecular formula is C8H14N2O2. The number of esters is 1. The Morgan fingerprint density at radius 1 is 1.75 bits per heavy atom. The van der Waals surface area contributed by atoms with Gasteiger partial charge in [0, 0.05) is 32.4 Å². The predicted molar refractivity (Wildman–Crippen MR) is 45.6 cm³/mol. The lowest BCUT2D eigenvalue weighted by molar-refractivity contribution is -0.138. The zero-order valence-corrected chi connectivity index (χ0v) is 7.08. The van der Waals surface area contributed by atoms with E-state index in [0.29, 0.717) is 6.61 Å². The highest BCUT2D eigenvalue weighted by atomic mass is 16.5. The van der Waals surface area contributed by atoms with Crippen molar-refractivity contribution in [3.05, 3.63) is 12.7 Å². The molecule has 4 heteroatoms. The Labute approximate surface area is 72.2 Å². The van der Waals surface area contributed by atoms with Crippen LogP contribution in [-0.2, 0) is 9.53 Å². The molecule has 0 bridgehead atoms. The third-order valence-corrected chi connectivity index (χ3v) is 1.76. The van der Waals surface area contributed by atoms with Gasteiger partial charge in [-0.25, -0.2) is 4.79 Å². The summed E-state index contributed by atoms with van der Waals surface area (Å²) in [6.45, 7) is 7.51. The second-order valence-corrected chi connectivity index (χ2v) is 2.65. The van der Waals surface area contributed by atoms with E-state index in [1.54, 1.807) is 0 Å². The first-order valence-corrected chi connectivity index (χ1v) is 4.05. The van der Waals surface area contributed by atoms with Crippen LogP contribution in [0.25, 0.3) is 0 Å². The SMILES string of the molecule is C=CC(=O)OCCN1CCNC1. The lowest BCUT2D eigenvalue weighted by Crippen LogP contribution is -2.26. The van der Waals surface area contributed by atoms with Crippen molar-refractivity contribution in [2.75, 3.05) is 32.9 Å². The van der Waals surface area contributed by atoms with Gasteiger partial charge in [0.25, 0.3) is 0 Å². The fourth-order valence-corrected chi connectivity index (χ4v) is 1.08. The Hall–Kier alpha value is -0.870. The van der Waals surface area contributed by atoms with Crippen LogP contribution in [0.1, 0.15) is 0 Å². The van der Waals surface area contributed by atoms with E-state index >= 15 is 0 Å². The van der Waals surface area contributed by atoms with Gasteiger partial charge >= 0.3 is 5.97 Å². The Morgan fingerprint density at radius 2 is 2.58 bits per heavy atom. The number of carbonyl (C=O) groups excluding carboxylic acids is 1. The second-order valence-electron chi connectivity index (χ2n) is 2.65. The minimum Gasteiger partial charge on any atom is -0.461 e. The smallest absolute Gasteiger partial charge is 0.330 e. The van der Waals surface area contributed by atoms with Crippen molar-refractivity contribution in [3.8, 4) is 0 Å². The molecule has 0 saturated carbocycles. The molecule has 1 aliphatic rings. The molecule has 0 radical (unpaired) electrons. The zero-order valence-electron chi connectivity index (χ0n) is 7.08. The maximum Gasteiger partial charge on any atom is 0.330 e. The molecule has 0 aromatic rings. The van der Waals surface area contributed by atoms with E-state index in [4.69, 9.17) is 4.74 Å². The van der Waals surface area contributed by atoms with Crippen molar-refractivity contribution in [2.24, 2.45) is 0 Å². The summed E-state index contributed by atoms with van der Waals surface area (Å²) < 4.78 is 4.83. The molecule has 1 saturated heterocycles. The molecule has 1 N–H and O–H groups in total. The molecule has 0 aromatic heterocycles. The summed E-state index contributed by atoms with van der Waals surface area (Å²) >= 11 is 0. The van der Waals surface area contributed by atoms with Crippen molar-refractivity contribution in [1.82, 2.24) is 10.2 Å². The summed E-state index contributed by atoms with van der Waals surface area (Å²) in [6, 6.07) is 0. The minimum absolute atomic E-state index is 0.345. The zero-order chi connectivity index (χ0) is 8.81. The van der Waals surface area contributed by atoms with Crippen LogP contribution in [-0.4, -0.2) is 43.8 Å². The van der Waals surface area contributed by atoms with Gasteiger partial charge in [-0.1, -0.05) is 6.58 Å². The summed E-state index contributed by atoms with van der Waals surface area (Å²) in [5.41, 5.74) is 0. The van der Waals surface area contributed by atoms with E-state index in [1.165, 1.54) is 6.08 Å². The molecule has 0 aliphatic carbocycles. The number of carbonyl (C=O) groups is 1. The van der Waals surface area contributed by atoms with Crippen LogP contribution in [0, 0.1) is 0 Å². The topological polar surface area (TPSA) is 41.6 Å². The number of hydrogen-bond acceptors (Lipinski definition) is 4. The Bertz CT molecular complexity index is 164. The first-order valence-electron chi connectivity index (χ1n) is 4.05. The van der Waals surface area contributed by atoms with Gasteiger partial charge in [-0.05, 0) is 0 Å². The van der Waals surface area contributed by atoms with Gasteiger partial charge < -0.3 is 10.1 Å². The molecular weight excluding hydrogens is 156 g/mol. The van der Waals surface area contributed by atoms with E-state index in [9.17, 15) is 4.79 Å². The molecule has 0 atom stereocenters. The first kappa shape index (κ1) is 9.22. The van der Waals surface area contributed by atoms with Gasteiger partial charge in [-0.3, -0.25) is 4.90 Å². The highest BCUT2D eigenvalue weighted by Crippen LogP contribution is 1.91. The normalized spacial score (nSPS) is 17.7. The molecule has 1 aliphatic heterocycles. The van der Waals surface area contributed by atoms with Crippen LogP contribution in [0.4, 0.5) is 0 Å². The van der Waals surface area contributed by atoms with Crippen molar-refractivity contribution >= 4 is 5.97 Å². The molecule has 0 spiro atoms. The Balaban J connectivity index is 2.01. The van der Waals surface area contributed by atoms with Crippen LogP contribution < -0.4 is 5.32 Å². The van der Waals surface area contributed by atoms with E-state index in [-0.39, 0.29) is 5.97 Å². The van der Waals surface area contributed by atoms with Gasteiger partial charge in [0.15, 0.2) is 0 Å².